The smallest absolute Gasteiger partial charge is 0.195 e. The predicted molar refractivity (Wildman–Crippen MR) is 210 cm³/mol. The van der Waals surface area contributed by atoms with E-state index in [1.807, 2.05) is 62.4 Å². The van der Waals surface area contributed by atoms with Gasteiger partial charge in [0.25, 0.3) is 0 Å². The molecule has 0 saturated carbocycles. The number of ether oxygens (including phenoxy) is 2. The maximum absolute atomic E-state index is 12.2. The summed E-state index contributed by atoms with van der Waals surface area (Å²) in [4.78, 5) is 9.32. The van der Waals surface area contributed by atoms with E-state index in [2.05, 4.69) is 67.2 Å². The Morgan fingerprint density at radius 3 is 1.79 bits per heavy atom. The number of aryl methyl sites for hydroxylation is 2. The van der Waals surface area contributed by atoms with E-state index in [-0.39, 0.29) is 10.8 Å². The highest BCUT2D eigenvalue weighted by Crippen LogP contribution is 2.31. The Morgan fingerprint density at radius 1 is 0.750 bits per heavy atom. The van der Waals surface area contributed by atoms with Crippen LogP contribution in [0, 0.1) is 0 Å². The van der Waals surface area contributed by atoms with E-state index in [1.165, 1.54) is 40.6 Å². The van der Waals surface area contributed by atoms with Gasteiger partial charge in [0.1, 0.15) is 29.8 Å². The van der Waals surface area contributed by atoms with E-state index in [1.54, 1.807) is 0 Å². The molecule has 2 aliphatic heterocycles. The van der Waals surface area contributed by atoms with E-state index in [0.29, 0.717) is 25.5 Å². The van der Waals surface area contributed by atoms with Crippen molar-refractivity contribution in [2.24, 2.45) is 0 Å². The molecule has 12 heteroatoms. The van der Waals surface area contributed by atoms with Gasteiger partial charge in [-0.3, -0.25) is 0 Å². The van der Waals surface area contributed by atoms with Gasteiger partial charge >= 0.3 is 0 Å². The molecule has 0 amide bonds. The molecule has 8 nitrogen and oxygen atoms in total. The van der Waals surface area contributed by atoms with Crippen molar-refractivity contribution in [3.63, 3.8) is 0 Å². The first-order valence-electron chi connectivity index (χ1n) is 17.8. The SMILES string of the molecule is CC.CC.C[Si](C)(C)CCOCn1ccc2cc3c(nc21)S(=O)(=O)CCC3.C[Si](C)(C)CCOCn1ccc2cc3c(nc21)SCCC3. The quantitative estimate of drug-likeness (QED) is 0.119. The van der Waals surface area contributed by atoms with Crippen LogP contribution in [0.3, 0.4) is 0 Å². The summed E-state index contributed by atoms with van der Waals surface area (Å²) < 4.78 is 40.1. The number of sulfone groups is 1. The Labute approximate surface area is 296 Å². The average Bonchev–Trinajstić information content (AvgIpc) is 3.63. The summed E-state index contributed by atoms with van der Waals surface area (Å²) in [6, 6.07) is 10.7. The third kappa shape index (κ3) is 11.5. The average molecular weight is 733 g/mol. The van der Waals surface area contributed by atoms with Gasteiger partial charge < -0.3 is 18.6 Å². The molecular weight excluding hydrogens is 673 g/mol. The highest BCUT2D eigenvalue weighted by molar-refractivity contribution is 7.99. The van der Waals surface area contributed by atoms with E-state index >= 15 is 0 Å². The third-order valence-corrected chi connectivity index (χ3v) is 14.3. The summed E-state index contributed by atoms with van der Waals surface area (Å²) in [6.45, 7) is 24.7. The topological polar surface area (TPSA) is 88.2 Å². The van der Waals surface area contributed by atoms with Crippen molar-refractivity contribution in [2.45, 2.75) is 128 Å². The van der Waals surface area contributed by atoms with Crippen LogP contribution in [0.25, 0.3) is 22.1 Å². The van der Waals surface area contributed by atoms with Crippen LogP contribution in [-0.4, -0.2) is 68.4 Å². The molecular formula is C36H60N4O4S2Si2. The Morgan fingerprint density at radius 2 is 1.25 bits per heavy atom. The van der Waals surface area contributed by atoms with E-state index < -0.39 is 26.0 Å². The van der Waals surface area contributed by atoms with Gasteiger partial charge in [0, 0.05) is 52.5 Å². The molecule has 2 aliphatic rings. The summed E-state index contributed by atoms with van der Waals surface area (Å²) >= 11 is 1.89. The van der Waals surface area contributed by atoms with Crippen molar-refractivity contribution in [3.05, 3.63) is 47.8 Å². The fraction of sp³-hybridized carbons (Fsp3) is 0.611. The highest BCUT2D eigenvalue weighted by Gasteiger charge is 2.26. The number of hydrogen-bond acceptors (Lipinski definition) is 7. The minimum atomic E-state index is -3.23. The van der Waals surface area contributed by atoms with Crippen molar-refractivity contribution in [1.29, 1.82) is 0 Å². The van der Waals surface area contributed by atoms with Crippen molar-refractivity contribution in [2.75, 3.05) is 24.7 Å². The Hall–Kier alpha value is -1.97. The summed E-state index contributed by atoms with van der Waals surface area (Å²) in [5.74, 6) is 1.39. The molecule has 4 aromatic heterocycles. The zero-order valence-electron chi connectivity index (χ0n) is 31.2. The number of nitrogens with zero attached hydrogens (tertiary/aromatic N) is 4. The molecule has 268 valence electrons. The monoisotopic (exact) mass is 732 g/mol. The summed E-state index contributed by atoms with van der Waals surface area (Å²) in [5, 5.41) is 3.70. The van der Waals surface area contributed by atoms with E-state index in [4.69, 9.17) is 14.5 Å². The summed E-state index contributed by atoms with van der Waals surface area (Å²) in [5.41, 5.74) is 4.02. The number of aromatic nitrogens is 4. The van der Waals surface area contributed by atoms with Gasteiger partial charge in [0.05, 0.1) is 5.75 Å². The van der Waals surface area contributed by atoms with Crippen LogP contribution in [0.4, 0.5) is 0 Å². The lowest BCUT2D eigenvalue weighted by atomic mass is 10.1. The molecule has 4 aromatic rings. The van der Waals surface area contributed by atoms with Crippen molar-refractivity contribution < 1.29 is 17.9 Å². The summed E-state index contributed by atoms with van der Waals surface area (Å²) in [6.07, 6.45) is 7.93. The largest absolute Gasteiger partial charge is 0.361 e. The molecule has 6 heterocycles. The van der Waals surface area contributed by atoms with Crippen LogP contribution in [0.5, 0.6) is 0 Å². The third-order valence-electron chi connectivity index (χ3n) is 7.99. The molecule has 0 N–H and O–H groups in total. The summed E-state index contributed by atoms with van der Waals surface area (Å²) in [7, 11) is -5.34. The second-order valence-electron chi connectivity index (χ2n) is 14.4. The first-order chi connectivity index (χ1) is 22.8. The molecule has 48 heavy (non-hydrogen) atoms. The lowest BCUT2D eigenvalue weighted by Crippen LogP contribution is -2.22. The number of thioether (sulfide) groups is 1. The number of rotatable bonds is 10. The van der Waals surface area contributed by atoms with Gasteiger partial charge in [-0.2, -0.15) is 0 Å². The maximum atomic E-state index is 12.2. The van der Waals surface area contributed by atoms with Gasteiger partial charge in [-0.05, 0) is 78.9 Å². The number of pyridine rings is 2. The molecule has 0 bridgehead atoms. The standard InChI is InChI=1S/C16H24N2O3SSi.C16H24N2OSSi.2C2H6/c1-23(2,3)10-8-21-12-18-7-6-13-11-14-5-4-9-22(19,20)16(14)17-15(13)18;1-21(2,3)10-8-19-12-18-7-6-13-11-14-5-4-9-20-16(14)17-15(13)18;2*1-2/h6-7,11H,4-5,8-10,12H2,1-3H3;6-7,11H,4-5,8-10,12H2,1-3H3;2*1-2H3. The molecule has 0 fully saturated rings. The zero-order valence-corrected chi connectivity index (χ0v) is 34.8. The van der Waals surface area contributed by atoms with Gasteiger partial charge in [0.2, 0.25) is 0 Å². The first-order valence-corrected chi connectivity index (χ1v) is 27.8. The lowest BCUT2D eigenvalue weighted by molar-refractivity contribution is 0.0897. The van der Waals surface area contributed by atoms with Gasteiger partial charge in [-0.15, -0.1) is 11.8 Å². The molecule has 0 spiro atoms. The maximum Gasteiger partial charge on any atom is 0.195 e. The molecule has 0 aromatic carbocycles. The first kappa shape index (κ1) is 40.5. The molecule has 0 unspecified atom stereocenters. The Balaban J connectivity index is 0.000000237. The van der Waals surface area contributed by atoms with Crippen LogP contribution in [-0.2, 0) is 45.6 Å². The lowest BCUT2D eigenvalue weighted by Gasteiger charge is -2.17. The van der Waals surface area contributed by atoms with Crippen molar-refractivity contribution in [1.82, 2.24) is 19.1 Å². The van der Waals surface area contributed by atoms with Gasteiger partial charge in [-0.1, -0.05) is 67.0 Å². The van der Waals surface area contributed by atoms with Gasteiger partial charge in [-0.25, -0.2) is 18.4 Å². The second kappa shape index (κ2) is 18.3. The minimum absolute atomic E-state index is 0.200. The Kier molecular flexibility index (Phi) is 15.4. The zero-order chi connectivity index (χ0) is 35.5. The highest BCUT2D eigenvalue weighted by atomic mass is 32.2. The van der Waals surface area contributed by atoms with Crippen LogP contribution < -0.4 is 0 Å². The molecule has 6 rings (SSSR count). The van der Waals surface area contributed by atoms with Crippen LogP contribution in [0.1, 0.15) is 51.7 Å². The normalized spacial score (nSPS) is 15.3. The second-order valence-corrected chi connectivity index (χ2v) is 28.7. The van der Waals surface area contributed by atoms with Crippen molar-refractivity contribution >= 4 is 59.8 Å². The number of hydrogen-bond donors (Lipinski definition) is 0. The Bertz CT molecular complexity index is 1710. The fourth-order valence-corrected chi connectivity index (χ4v) is 9.30. The molecule has 0 atom stereocenters. The van der Waals surface area contributed by atoms with Gasteiger partial charge in [0.15, 0.2) is 14.9 Å². The fourth-order valence-electron chi connectivity index (χ4n) is 5.30. The van der Waals surface area contributed by atoms with Crippen molar-refractivity contribution in [3.8, 4) is 0 Å². The molecule has 0 saturated heterocycles. The molecule has 0 aliphatic carbocycles. The number of fused-ring (bicyclic) bond motifs is 4. The van der Waals surface area contributed by atoms with E-state index in [0.717, 1.165) is 42.3 Å². The minimum Gasteiger partial charge on any atom is -0.361 e. The molecule has 0 radical (unpaired) electrons. The van der Waals surface area contributed by atoms with Crippen LogP contribution in [0.2, 0.25) is 51.4 Å². The van der Waals surface area contributed by atoms with Crippen LogP contribution in [0.15, 0.2) is 46.7 Å². The van der Waals surface area contributed by atoms with Crippen LogP contribution >= 0.6 is 11.8 Å². The van der Waals surface area contributed by atoms with E-state index in [9.17, 15) is 8.42 Å². The predicted octanol–water partition coefficient (Wildman–Crippen LogP) is 9.51.